The maximum absolute atomic E-state index is 12.3. The van der Waals surface area contributed by atoms with E-state index in [9.17, 15) is 10.1 Å². The zero-order valence-corrected chi connectivity index (χ0v) is 11.3. The summed E-state index contributed by atoms with van der Waals surface area (Å²) in [6, 6.07) is 12.6. The summed E-state index contributed by atoms with van der Waals surface area (Å²) in [5.74, 6) is -0.172. The molecule has 1 unspecified atom stereocenters. The van der Waals surface area contributed by atoms with Crippen molar-refractivity contribution < 1.29 is 9.53 Å². The van der Waals surface area contributed by atoms with Gasteiger partial charge in [-0.3, -0.25) is 4.79 Å². The Balaban J connectivity index is 2.21. The van der Waals surface area contributed by atoms with Crippen molar-refractivity contribution in [3.05, 3.63) is 52.2 Å². The van der Waals surface area contributed by atoms with Gasteiger partial charge in [0.15, 0.2) is 5.78 Å². The quantitative estimate of drug-likeness (QED) is 0.780. The molecule has 0 radical (unpaired) electrons. The summed E-state index contributed by atoms with van der Waals surface area (Å²) in [5, 5.41) is 11.0. The summed E-state index contributed by atoms with van der Waals surface area (Å²) in [7, 11) is 0. The molecule has 0 aliphatic heterocycles. The van der Waals surface area contributed by atoms with Gasteiger partial charge in [0, 0.05) is 10.4 Å². The van der Waals surface area contributed by atoms with E-state index in [1.807, 2.05) is 24.4 Å². The summed E-state index contributed by atoms with van der Waals surface area (Å²) in [5.41, 5.74) is 0.531. The maximum atomic E-state index is 12.3. The molecule has 0 aliphatic rings. The first kappa shape index (κ1) is 13.3. The minimum atomic E-state index is -0.724. The fourth-order valence-electron chi connectivity index (χ4n) is 1.76. The average molecular weight is 271 g/mol. The maximum Gasteiger partial charge on any atom is 0.185 e. The van der Waals surface area contributed by atoms with Crippen LogP contribution in [0, 0.1) is 11.3 Å². The summed E-state index contributed by atoms with van der Waals surface area (Å²) in [6.45, 7) is 2.49. The zero-order chi connectivity index (χ0) is 13.7. The Hall–Kier alpha value is -2.12. The van der Waals surface area contributed by atoms with Gasteiger partial charge in [0.2, 0.25) is 0 Å². The number of ether oxygens (including phenoxy) is 1. The largest absolute Gasteiger partial charge is 0.494 e. The molecule has 0 N–H and O–H groups in total. The van der Waals surface area contributed by atoms with Gasteiger partial charge in [0.25, 0.3) is 0 Å². The lowest BCUT2D eigenvalue weighted by Crippen LogP contribution is -2.09. The Bertz CT molecular complexity index is 582. The van der Waals surface area contributed by atoms with Crippen LogP contribution in [0.5, 0.6) is 5.75 Å². The van der Waals surface area contributed by atoms with Crippen LogP contribution in [0.15, 0.2) is 41.8 Å². The molecule has 0 saturated carbocycles. The highest BCUT2D eigenvalue weighted by Gasteiger charge is 2.22. The summed E-state index contributed by atoms with van der Waals surface area (Å²) in [4.78, 5) is 13.1. The van der Waals surface area contributed by atoms with Crippen molar-refractivity contribution in [1.29, 1.82) is 5.26 Å². The number of ketones is 1. The number of nitriles is 1. The van der Waals surface area contributed by atoms with Crippen molar-refractivity contribution in [1.82, 2.24) is 0 Å². The van der Waals surface area contributed by atoms with Crippen LogP contribution in [0.3, 0.4) is 0 Å². The van der Waals surface area contributed by atoms with Crippen molar-refractivity contribution in [2.75, 3.05) is 6.61 Å². The molecule has 0 bridgehead atoms. The Morgan fingerprint density at radius 3 is 2.63 bits per heavy atom. The molecule has 0 fully saturated rings. The topological polar surface area (TPSA) is 50.1 Å². The fourth-order valence-corrected chi connectivity index (χ4v) is 2.52. The first-order valence-electron chi connectivity index (χ1n) is 5.96. The molecule has 0 amide bonds. The summed E-state index contributed by atoms with van der Waals surface area (Å²) >= 11 is 1.42. The van der Waals surface area contributed by atoms with Crippen molar-refractivity contribution in [2.24, 2.45) is 0 Å². The standard InChI is InChI=1S/C15H13NO2S/c1-2-18-12-7-5-11(6-8-12)15(17)13(10-16)14-4-3-9-19-14/h3-9,13H,2H2,1H3. The number of benzene rings is 1. The van der Waals surface area contributed by atoms with E-state index in [-0.39, 0.29) is 5.78 Å². The SMILES string of the molecule is CCOc1ccc(C(=O)C(C#N)c2cccs2)cc1. The third kappa shape index (κ3) is 3.01. The normalized spacial score (nSPS) is 11.6. The van der Waals surface area contributed by atoms with Gasteiger partial charge in [-0.15, -0.1) is 11.3 Å². The van der Waals surface area contributed by atoms with Crippen LogP contribution >= 0.6 is 11.3 Å². The third-order valence-corrected chi connectivity index (χ3v) is 3.61. The number of hydrogen-bond acceptors (Lipinski definition) is 4. The first-order chi connectivity index (χ1) is 9.26. The van der Waals surface area contributed by atoms with Crippen LogP contribution in [0.25, 0.3) is 0 Å². The van der Waals surface area contributed by atoms with E-state index in [1.54, 1.807) is 24.3 Å². The van der Waals surface area contributed by atoms with Crippen molar-refractivity contribution in [2.45, 2.75) is 12.8 Å². The number of carbonyl (C=O) groups is 1. The highest BCUT2D eigenvalue weighted by molar-refractivity contribution is 7.10. The second-order valence-corrected chi connectivity index (χ2v) is 4.88. The molecule has 0 aliphatic carbocycles. The number of rotatable bonds is 5. The second kappa shape index (κ2) is 6.17. The number of hydrogen-bond donors (Lipinski definition) is 0. The Morgan fingerprint density at radius 2 is 2.11 bits per heavy atom. The van der Waals surface area contributed by atoms with Gasteiger partial charge in [-0.25, -0.2) is 0 Å². The summed E-state index contributed by atoms with van der Waals surface area (Å²) < 4.78 is 5.33. The van der Waals surface area contributed by atoms with E-state index in [0.29, 0.717) is 12.2 Å². The van der Waals surface area contributed by atoms with E-state index >= 15 is 0 Å². The minimum Gasteiger partial charge on any atom is -0.494 e. The van der Waals surface area contributed by atoms with Crippen LogP contribution in [-0.2, 0) is 0 Å². The molecular weight excluding hydrogens is 258 g/mol. The van der Waals surface area contributed by atoms with Crippen LogP contribution in [0.4, 0.5) is 0 Å². The fraction of sp³-hybridized carbons (Fsp3) is 0.200. The minimum absolute atomic E-state index is 0.173. The smallest absolute Gasteiger partial charge is 0.185 e. The molecule has 0 spiro atoms. The van der Waals surface area contributed by atoms with Crippen LogP contribution in [0.2, 0.25) is 0 Å². The van der Waals surface area contributed by atoms with Gasteiger partial charge in [0.1, 0.15) is 11.7 Å². The van der Waals surface area contributed by atoms with Gasteiger partial charge in [-0.2, -0.15) is 5.26 Å². The molecule has 2 aromatic rings. The lowest BCUT2D eigenvalue weighted by molar-refractivity contribution is 0.0980. The monoisotopic (exact) mass is 271 g/mol. The predicted molar refractivity (Wildman–Crippen MR) is 74.6 cm³/mol. The van der Waals surface area contributed by atoms with E-state index in [2.05, 4.69) is 6.07 Å². The Morgan fingerprint density at radius 1 is 1.37 bits per heavy atom. The van der Waals surface area contributed by atoms with Gasteiger partial charge < -0.3 is 4.74 Å². The molecule has 96 valence electrons. The van der Waals surface area contributed by atoms with Gasteiger partial charge in [0.05, 0.1) is 12.7 Å². The van der Waals surface area contributed by atoms with Crippen LogP contribution < -0.4 is 4.74 Å². The highest BCUT2D eigenvalue weighted by Crippen LogP contribution is 2.25. The first-order valence-corrected chi connectivity index (χ1v) is 6.84. The van der Waals surface area contributed by atoms with E-state index < -0.39 is 5.92 Å². The molecule has 1 atom stereocenters. The number of nitrogens with zero attached hydrogens (tertiary/aromatic N) is 1. The van der Waals surface area contributed by atoms with E-state index in [0.717, 1.165) is 10.6 Å². The predicted octanol–water partition coefficient (Wildman–Crippen LogP) is 3.64. The van der Waals surface area contributed by atoms with E-state index in [1.165, 1.54) is 11.3 Å². The van der Waals surface area contributed by atoms with Gasteiger partial charge in [-0.1, -0.05) is 6.07 Å². The number of carbonyl (C=O) groups excluding carboxylic acids is 1. The van der Waals surface area contributed by atoms with Crippen LogP contribution in [-0.4, -0.2) is 12.4 Å². The Kier molecular flexibility index (Phi) is 4.32. The van der Waals surface area contributed by atoms with Crippen LogP contribution in [0.1, 0.15) is 28.1 Å². The third-order valence-electron chi connectivity index (χ3n) is 2.67. The van der Waals surface area contributed by atoms with Crippen molar-refractivity contribution in [3.8, 4) is 11.8 Å². The highest BCUT2D eigenvalue weighted by atomic mass is 32.1. The molecular formula is C15H13NO2S. The van der Waals surface area contributed by atoms with E-state index in [4.69, 9.17) is 4.74 Å². The second-order valence-electron chi connectivity index (χ2n) is 3.90. The van der Waals surface area contributed by atoms with Crippen molar-refractivity contribution in [3.63, 3.8) is 0 Å². The Labute approximate surface area is 116 Å². The lowest BCUT2D eigenvalue weighted by atomic mass is 9.97. The van der Waals surface area contributed by atoms with Gasteiger partial charge >= 0.3 is 0 Å². The molecule has 2 rings (SSSR count). The number of thiophene rings is 1. The zero-order valence-electron chi connectivity index (χ0n) is 10.5. The molecule has 1 heterocycles. The molecule has 4 heteroatoms. The molecule has 0 saturated heterocycles. The van der Waals surface area contributed by atoms with Crippen molar-refractivity contribution >= 4 is 17.1 Å². The van der Waals surface area contributed by atoms with Gasteiger partial charge in [-0.05, 0) is 42.6 Å². The lowest BCUT2D eigenvalue weighted by Gasteiger charge is -2.07. The molecule has 1 aromatic heterocycles. The summed E-state index contributed by atoms with van der Waals surface area (Å²) in [6.07, 6.45) is 0. The molecule has 3 nitrogen and oxygen atoms in total. The molecule has 19 heavy (non-hydrogen) atoms. The average Bonchev–Trinajstić information content (AvgIpc) is 2.95. The molecule has 1 aromatic carbocycles. The number of Topliss-reactive ketones (excluding diaryl/α,β-unsaturated/α-hetero) is 1.